The number of nitrogens with zero attached hydrogens (tertiary/aromatic N) is 3. The van der Waals surface area contributed by atoms with Gasteiger partial charge in [0.25, 0.3) is 0 Å². The lowest BCUT2D eigenvalue weighted by Crippen LogP contribution is -2.25. The third kappa shape index (κ3) is 4.05. The smallest absolute Gasteiger partial charge is 0.229 e. The summed E-state index contributed by atoms with van der Waals surface area (Å²) in [7, 11) is 0. The van der Waals surface area contributed by atoms with E-state index in [-0.39, 0.29) is 11.9 Å². The van der Waals surface area contributed by atoms with Crippen LogP contribution in [0.2, 0.25) is 0 Å². The van der Waals surface area contributed by atoms with Crippen LogP contribution >= 0.6 is 23.6 Å². The van der Waals surface area contributed by atoms with Gasteiger partial charge in [-0.05, 0) is 12.1 Å². The molecule has 0 aliphatic rings. The third-order valence-corrected chi connectivity index (χ3v) is 1.75. The molecule has 0 heterocycles. The molecule has 0 aliphatic carbocycles. The zero-order chi connectivity index (χ0) is 11.3. The molecule has 0 aliphatic heterocycles. The van der Waals surface area contributed by atoms with Crippen LogP contribution in [-0.2, 0) is 0 Å². The zero-order valence-corrected chi connectivity index (χ0v) is 9.15. The summed E-state index contributed by atoms with van der Waals surface area (Å²) in [5.41, 5.74) is 11.5. The van der Waals surface area contributed by atoms with E-state index in [1.165, 1.54) is 0 Å². The Morgan fingerprint density at radius 1 is 1.13 bits per heavy atom. The molecule has 0 fully saturated rings. The number of halogens is 2. The fraction of sp³-hybridized carbons (Fsp3) is 0. The van der Waals surface area contributed by atoms with E-state index < -0.39 is 0 Å². The minimum atomic E-state index is -0.143. The van der Waals surface area contributed by atoms with Crippen LogP contribution in [0.5, 0.6) is 0 Å². The monoisotopic (exact) mass is 245 g/mol. The van der Waals surface area contributed by atoms with Gasteiger partial charge in [-0.15, -0.1) is 0 Å². The summed E-state index contributed by atoms with van der Waals surface area (Å²) >= 11 is 10.6. The number of guanidine groups is 2. The average Bonchev–Trinajstić information content (AvgIpc) is 2.18. The van der Waals surface area contributed by atoms with Gasteiger partial charge in [0.15, 0.2) is 0 Å². The summed E-state index contributed by atoms with van der Waals surface area (Å²) in [6.45, 7) is 0. The van der Waals surface area contributed by atoms with E-state index in [1.807, 2.05) is 18.2 Å². The van der Waals surface area contributed by atoms with E-state index in [9.17, 15) is 0 Å². The van der Waals surface area contributed by atoms with Crippen LogP contribution in [0.1, 0.15) is 0 Å². The highest BCUT2D eigenvalue weighted by atomic mass is 35.5. The zero-order valence-electron chi connectivity index (χ0n) is 7.64. The number of benzene rings is 1. The van der Waals surface area contributed by atoms with Crippen LogP contribution in [-0.4, -0.2) is 15.9 Å². The molecule has 0 saturated heterocycles. The van der Waals surface area contributed by atoms with Gasteiger partial charge in [-0.2, -0.15) is 8.93 Å². The van der Waals surface area contributed by atoms with Crippen molar-refractivity contribution in [3.8, 4) is 0 Å². The van der Waals surface area contributed by atoms with Crippen molar-refractivity contribution in [3.05, 3.63) is 30.3 Å². The molecule has 1 aromatic rings. The molecule has 0 amide bonds. The molecule has 0 bridgehead atoms. The second-order valence-corrected chi connectivity index (χ2v) is 3.36. The SMILES string of the molecule is NC(=Nc1ccccc1)/N=C(/N)N(Cl)Cl. The van der Waals surface area contributed by atoms with Crippen molar-refractivity contribution >= 4 is 41.2 Å². The number of hydrogen-bond donors (Lipinski definition) is 2. The first kappa shape index (κ1) is 11.6. The second kappa shape index (κ2) is 5.43. The van der Waals surface area contributed by atoms with Gasteiger partial charge in [0.05, 0.1) is 5.69 Å². The maximum Gasteiger partial charge on any atom is 0.229 e. The maximum absolute atomic E-state index is 5.48. The molecule has 0 atom stereocenters. The lowest BCUT2D eigenvalue weighted by molar-refractivity contribution is 1.05. The van der Waals surface area contributed by atoms with Gasteiger partial charge in [-0.3, -0.25) is 0 Å². The number of hydrogen-bond acceptors (Lipinski definition) is 1. The van der Waals surface area contributed by atoms with Crippen molar-refractivity contribution < 1.29 is 0 Å². The summed E-state index contributed by atoms with van der Waals surface area (Å²) in [5.74, 6) is -0.166. The van der Waals surface area contributed by atoms with E-state index in [0.717, 1.165) is 0 Å². The van der Waals surface area contributed by atoms with Crippen molar-refractivity contribution in [3.63, 3.8) is 0 Å². The molecule has 1 aromatic carbocycles. The molecule has 0 aromatic heterocycles. The molecule has 1 rings (SSSR count). The quantitative estimate of drug-likeness (QED) is 0.448. The third-order valence-electron chi connectivity index (χ3n) is 1.40. The van der Waals surface area contributed by atoms with Crippen LogP contribution in [0.25, 0.3) is 0 Å². The van der Waals surface area contributed by atoms with Crippen LogP contribution in [0.15, 0.2) is 40.3 Å². The van der Waals surface area contributed by atoms with E-state index in [0.29, 0.717) is 9.63 Å². The molecule has 5 nitrogen and oxygen atoms in total. The first-order valence-corrected chi connectivity index (χ1v) is 4.62. The Morgan fingerprint density at radius 2 is 1.73 bits per heavy atom. The Labute approximate surface area is 97.2 Å². The summed E-state index contributed by atoms with van der Waals surface area (Å²) < 4.78 is 0.605. The normalized spacial score (nSPS) is 12.7. The molecule has 0 spiro atoms. The second-order valence-electron chi connectivity index (χ2n) is 2.51. The van der Waals surface area contributed by atoms with Gasteiger partial charge in [0.2, 0.25) is 11.9 Å². The van der Waals surface area contributed by atoms with E-state index >= 15 is 0 Å². The van der Waals surface area contributed by atoms with Crippen molar-refractivity contribution in [1.29, 1.82) is 0 Å². The van der Waals surface area contributed by atoms with Crippen LogP contribution in [0, 0.1) is 0 Å². The summed E-state index contributed by atoms with van der Waals surface area (Å²) in [6.07, 6.45) is 0. The maximum atomic E-state index is 5.48. The van der Waals surface area contributed by atoms with Crippen LogP contribution in [0.4, 0.5) is 5.69 Å². The number of nitrogens with two attached hydrogens (primary N) is 2. The minimum absolute atomic E-state index is 0.0231. The first-order valence-electron chi connectivity index (χ1n) is 3.94. The predicted octanol–water partition coefficient (Wildman–Crippen LogP) is 1.56. The Balaban J connectivity index is 2.82. The number of rotatable bonds is 1. The Bertz CT molecular complexity index is 374. The van der Waals surface area contributed by atoms with Gasteiger partial charge >= 0.3 is 0 Å². The standard InChI is InChI=1S/C8H9Cl2N5/c9-15(10)8(12)14-7(11)13-6-4-2-1-3-5-6/h1-5H,(H4,11,12,13,14). The fourth-order valence-corrected chi connectivity index (χ4v) is 0.891. The summed E-state index contributed by atoms with van der Waals surface area (Å²) in [6, 6.07) is 9.07. The predicted molar refractivity (Wildman–Crippen MR) is 62.9 cm³/mol. The Hall–Kier alpha value is -1.46. The molecular formula is C8H9Cl2N5. The molecule has 0 unspecified atom stereocenters. The van der Waals surface area contributed by atoms with Crippen molar-refractivity contribution in [1.82, 2.24) is 3.94 Å². The lowest BCUT2D eigenvalue weighted by atomic mass is 10.3. The van der Waals surface area contributed by atoms with Gasteiger partial charge in [-0.25, -0.2) is 4.99 Å². The summed E-state index contributed by atoms with van der Waals surface area (Å²) in [4.78, 5) is 7.62. The van der Waals surface area contributed by atoms with Gasteiger partial charge in [0.1, 0.15) is 0 Å². The molecule has 4 N–H and O–H groups in total. The van der Waals surface area contributed by atoms with Crippen molar-refractivity contribution in [2.75, 3.05) is 0 Å². The largest absolute Gasteiger partial charge is 0.368 e. The molecule has 80 valence electrons. The highest BCUT2D eigenvalue weighted by Crippen LogP contribution is 2.09. The first-order chi connectivity index (χ1) is 7.09. The Kier molecular flexibility index (Phi) is 4.20. The van der Waals surface area contributed by atoms with E-state index in [2.05, 4.69) is 9.98 Å². The average molecular weight is 246 g/mol. The fourth-order valence-electron chi connectivity index (χ4n) is 0.815. The molecular weight excluding hydrogens is 237 g/mol. The molecule has 0 radical (unpaired) electrons. The van der Waals surface area contributed by atoms with Gasteiger partial charge in [0, 0.05) is 23.6 Å². The molecule has 0 saturated carbocycles. The van der Waals surface area contributed by atoms with E-state index in [1.54, 1.807) is 12.1 Å². The van der Waals surface area contributed by atoms with Crippen molar-refractivity contribution in [2.45, 2.75) is 0 Å². The highest BCUT2D eigenvalue weighted by Gasteiger charge is 2.00. The van der Waals surface area contributed by atoms with Crippen molar-refractivity contribution in [2.24, 2.45) is 21.5 Å². The van der Waals surface area contributed by atoms with Crippen LogP contribution in [0.3, 0.4) is 0 Å². The lowest BCUT2D eigenvalue weighted by Gasteiger charge is -2.02. The topological polar surface area (TPSA) is 80.0 Å². The van der Waals surface area contributed by atoms with E-state index in [4.69, 9.17) is 35.0 Å². The van der Waals surface area contributed by atoms with Crippen LogP contribution < -0.4 is 11.5 Å². The van der Waals surface area contributed by atoms with Gasteiger partial charge in [-0.1, -0.05) is 18.2 Å². The molecule has 7 heteroatoms. The minimum Gasteiger partial charge on any atom is -0.368 e. The van der Waals surface area contributed by atoms with Gasteiger partial charge < -0.3 is 11.5 Å². The molecule has 15 heavy (non-hydrogen) atoms. The Morgan fingerprint density at radius 3 is 2.27 bits per heavy atom. The number of para-hydroxylation sites is 1. The highest BCUT2D eigenvalue weighted by molar-refractivity contribution is 6.42. The number of aliphatic imine (C=N–C) groups is 2. The summed E-state index contributed by atoms with van der Waals surface area (Å²) in [5, 5.41) is 0.